The standard InChI is InChI=1S/C13H15ClF3N3O3/c1-3-18-11(22)7(2)19-10(21)6-20-5-8(13(15,16)17)4-9(14)12(20)23/h4-5,7H,3,6H2,1-2H3,(H,18,22)(H,19,21)/t7-/m1/s1. The van der Waals surface area contributed by atoms with Crippen LogP contribution in [0.1, 0.15) is 19.4 Å². The second kappa shape index (κ2) is 7.49. The quantitative estimate of drug-likeness (QED) is 0.833. The first-order valence-electron chi connectivity index (χ1n) is 6.60. The first-order valence-corrected chi connectivity index (χ1v) is 6.98. The number of aromatic nitrogens is 1. The Morgan fingerprint density at radius 1 is 1.39 bits per heavy atom. The van der Waals surface area contributed by atoms with E-state index < -0.39 is 46.7 Å². The van der Waals surface area contributed by atoms with Crippen LogP contribution in [0.15, 0.2) is 17.1 Å². The van der Waals surface area contributed by atoms with Crippen LogP contribution >= 0.6 is 11.6 Å². The van der Waals surface area contributed by atoms with Crippen molar-refractivity contribution < 1.29 is 22.8 Å². The zero-order valence-electron chi connectivity index (χ0n) is 12.3. The van der Waals surface area contributed by atoms with Gasteiger partial charge in [-0.05, 0) is 19.9 Å². The van der Waals surface area contributed by atoms with E-state index in [0.29, 0.717) is 23.4 Å². The molecular weight excluding hydrogens is 339 g/mol. The summed E-state index contributed by atoms with van der Waals surface area (Å²) in [5.41, 5.74) is -2.08. The van der Waals surface area contributed by atoms with Crippen LogP contribution in [-0.2, 0) is 22.3 Å². The third-order valence-corrected chi connectivity index (χ3v) is 3.08. The molecule has 0 saturated carbocycles. The van der Waals surface area contributed by atoms with Crippen molar-refractivity contribution >= 4 is 23.4 Å². The number of pyridine rings is 1. The molecule has 0 aliphatic heterocycles. The van der Waals surface area contributed by atoms with E-state index in [9.17, 15) is 27.6 Å². The second-order valence-corrected chi connectivity index (χ2v) is 5.10. The summed E-state index contributed by atoms with van der Waals surface area (Å²) in [6, 6.07) is -0.394. The second-order valence-electron chi connectivity index (χ2n) is 4.69. The summed E-state index contributed by atoms with van der Waals surface area (Å²) in [5, 5.41) is 4.11. The monoisotopic (exact) mass is 353 g/mol. The molecule has 0 bridgehead atoms. The number of likely N-dealkylation sites (N-methyl/N-ethyl adjacent to an activating group) is 1. The van der Waals surface area contributed by atoms with Gasteiger partial charge in [0.05, 0.1) is 5.56 Å². The molecule has 0 aliphatic rings. The highest BCUT2D eigenvalue weighted by molar-refractivity contribution is 6.30. The summed E-state index contributed by atoms with van der Waals surface area (Å²) in [5.74, 6) is -1.24. The van der Waals surface area contributed by atoms with Crippen LogP contribution < -0.4 is 16.2 Å². The Balaban J connectivity index is 2.92. The fourth-order valence-electron chi connectivity index (χ4n) is 1.71. The van der Waals surface area contributed by atoms with Gasteiger partial charge in [0, 0.05) is 12.7 Å². The van der Waals surface area contributed by atoms with Gasteiger partial charge in [-0.2, -0.15) is 13.2 Å². The minimum absolute atomic E-state index is 0.363. The fraction of sp³-hybridized carbons (Fsp3) is 0.462. The Hall–Kier alpha value is -2.03. The van der Waals surface area contributed by atoms with Gasteiger partial charge in [-0.1, -0.05) is 11.6 Å². The highest BCUT2D eigenvalue weighted by Crippen LogP contribution is 2.29. The maximum absolute atomic E-state index is 12.7. The highest BCUT2D eigenvalue weighted by atomic mass is 35.5. The molecule has 128 valence electrons. The zero-order chi connectivity index (χ0) is 17.8. The Morgan fingerprint density at radius 2 is 2.00 bits per heavy atom. The largest absolute Gasteiger partial charge is 0.417 e. The summed E-state index contributed by atoms with van der Waals surface area (Å²) in [6.45, 7) is 2.77. The molecule has 1 rings (SSSR count). The average Bonchev–Trinajstić information content (AvgIpc) is 2.42. The molecule has 2 N–H and O–H groups in total. The fourth-order valence-corrected chi connectivity index (χ4v) is 1.93. The Bertz CT molecular complexity index is 658. The van der Waals surface area contributed by atoms with E-state index in [0.717, 1.165) is 0 Å². The summed E-state index contributed by atoms with van der Waals surface area (Å²) < 4.78 is 38.6. The molecule has 1 heterocycles. The van der Waals surface area contributed by atoms with E-state index in [-0.39, 0.29) is 0 Å². The highest BCUT2D eigenvalue weighted by Gasteiger charge is 2.32. The number of nitrogens with zero attached hydrogens (tertiary/aromatic N) is 1. The lowest BCUT2D eigenvalue weighted by Crippen LogP contribution is -2.46. The molecule has 0 unspecified atom stereocenters. The molecule has 0 radical (unpaired) electrons. The van der Waals surface area contributed by atoms with E-state index >= 15 is 0 Å². The van der Waals surface area contributed by atoms with Crippen LogP contribution in [0.2, 0.25) is 5.02 Å². The van der Waals surface area contributed by atoms with Crippen LogP contribution in [-0.4, -0.2) is 29.0 Å². The molecule has 10 heteroatoms. The topological polar surface area (TPSA) is 80.2 Å². The van der Waals surface area contributed by atoms with Crippen molar-refractivity contribution in [2.45, 2.75) is 32.6 Å². The molecule has 0 spiro atoms. The maximum atomic E-state index is 12.7. The van der Waals surface area contributed by atoms with E-state index in [1.165, 1.54) is 6.92 Å². The van der Waals surface area contributed by atoms with Crippen molar-refractivity contribution in [2.24, 2.45) is 0 Å². The van der Waals surface area contributed by atoms with E-state index in [4.69, 9.17) is 11.6 Å². The molecule has 0 saturated heterocycles. The molecule has 1 atom stereocenters. The smallest absolute Gasteiger partial charge is 0.355 e. The number of rotatable bonds is 5. The number of carbonyl (C=O) groups is 2. The van der Waals surface area contributed by atoms with E-state index in [1.807, 2.05) is 0 Å². The summed E-state index contributed by atoms with van der Waals surface area (Å²) in [7, 11) is 0. The van der Waals surface area contributed by atoms with Crippen LogP contribution in [0, 0.1) is 0 Å². The number of nitrogens with one attached hydrogen (secondary N) is 2. The first kappa shape index (κ1) is 19.0. The Morgan fingerprint density at radius 3 is 2.52 bits per heavy atom. The van der Waals surface area contributed by atoms with Gasteiger partial charge in [-0.3, -0.25) is 14.4 Å². The lowest BCUT2D eigenvalue weighted by Gasteiger charge is -2.15. The number of carbonyl (C=O) groups excluding carboxylic acids is 2. The van der Waals surface area contributed by atoms with E-state index in [2.05, 4.69) is 10.6 Å². The third kappa shape index (κ3) is 5.27. The molecule has 2 amide bonds. The maximum Gasteiger partial charge on any atom is 0.417 e. The average molecular weight is 354 g/mol. The van der Waals surface area contributed by atoms with E-state index in [1.54, 1.807) is 6.92 Å². The predicted molar refractivity (Wildman–Crippen MR) is 77.0 cm³/mol. The Labute approximate surface area is 134 Å². The SMILES string of the molecule is CCNC(=O)[C@@H](C)NC(=O)Cn1cc(C(F)(F)F)cc(Cl)c1=O. The van der Waals surface area contributed by atoms with Crippen LogP contribution in [0.5, 0.6) is 0 Å². The van der Waals surface area contributed by atoms with Crippen molar-refractivity contribution in [1.29, 1.82) is 0 Å². The number of amides is 2. The summed E-state index contributed by atoms with van der Waals surface area (Å²) in [4.78, 5) is 35.0. The third-order valence-electron chi connectivity index (χ3n) is 2.81. The summed E-state index contributed by atoms with van der Waals surface area (Å²) in [6.07, 6.45) is -4.20. The molecule has 1 aromatic heterocycles. The van der Waals surface area contributed by atoms with Crippen molar-refractivity contribution in [3.8, 4) is 0 Å². The van der Waals surface area contributed by atoms with Gasteiger partial charge >= 0.3 is 6.18 Å². The number of hydrogen-bond acceptors (Lipinski definition) is 3. The number of alkyl halides is 3. The van der Waals surface area contributed by atoms with Gasteiger partial charge in [-0.25, -0.2) is 0 Å². The van der Waals surface area contributed by atoms with Gasteiger partial charge < -0.3 is 15.2 Å². The van der Waals surface area contributed by atoms with Crippen molar-refractivity contribution in [2.75, 3.05) is 6.54 Å². The zero-order valence-corrected chi connectivity index (χ0v) is 13.1. The lowest BCUT2D eigenvalue weighted by atomic mass is 10.2. The molecule has 6 nitrogen and oxygen atoms in total. The molecule has 0 aliphatic carbocycles. The normalized spacial score (nSPS) is 12.6. The first-order chi connectivity index (χ1) is 10.6. The van der Waals surface area contributed by atoms with Crippen LogP contribution in [0.25, 0.3) is 0 Å². The van der Waals surface area contributed by atoms with Gasteiger partial charge in [0.15, 0.2) is 0 Å². The minimum Gasteiger partial charge on any atom is -0.355 e. The number of hydrogen-bond donors (Lipinski definition) is 2. The predicted octanol–water partition coefficient (Wildman–Crippen LogP) is 1.16. The number of halogens is 4. The van der Waals surface area contributed by atoms with Crippen LogP contribution in [0.4, 0.5) is 13.2 Å². The minimum atomic E-state index is -4.70. The van der Waals surface area contributed by atoms with Gasteiger partial charge in [0.1, 0.15) is 17.6 Å². The molecule has 0 fully saturated rings. The molecule has 1 aromatic rings. The van der Waals surface area contributed by atoms with Crippen molar-refractivity contribution in [1.82, 2.24) is 15.2 Å². The van der Waals surface area contributed by atoms with Gasteiger partial charge in [-0.15, -0.1) is 0 Å². The van der Waals surface area contributed by atoms with Gasteiger partial charge in [0.2, 0.25) is 11.8 Å². The van der Waals surface area contributed by atoms with Crippen molar-refractivity contribution in [3.05, 3.63) is 33.2 Å². The lowest BCUT2D eigenvalue weighted by molar-refractivity contribution is -0.138. The molecular formula is C13H15ClF3N3O3. The summed E-state index contributed by atoms with van der Waals surface area (Å²) >= 11 is 5.48. The van der Waals surface area contributed by atoms with Gasteiger partial charge in [0.25, 0.3) is 5.56 Å². The Kier molecular flexibility index (Phi) is 6.20. The van der Waals surface area contributed by atoms with Crippen LogP contribution in [0.3, 0.4) is 0 Å². The molecule has 23 heavy (non-hydrogen) atoms. The molecule has 0 aromatic carbocycles. The van der Waals surface area contributed by atoms with Crippen molar-refractivity contribution in [3.63, 3.8) is 0 Å².